The fourth-order valence-corrected chi connectivity index (χ4v) is 1.43. The summed E-state index contributed by atoms with van der Waals surface area (Å²) in [6.07, 6.45) is 1.76. The second kappa shape index (κ2) is 9.32. The van der Waals surface area contributed by atoms with Crippen molar-refractivity contribution < 1.29 is 4.74 Å². The standard InChI is InChI=1S/C13H19N7O/c1-3-7-16-11-17-12(20(8-5-14)9-6-15)19-13(18-11)21-10-4-2/h3-4,7-10H2,1-2H3,(H,16,17,18,19). The van der Waals surface area contributed by atoms with Crippen LogP contribution in [0.5, 0.6) is 6.01 Å². The highest BCUT2D eigenvalue weighted by atomic mass is 16.5. The van der Waals surface area contributed by atoms with Gasteiger partial charge in [-0.15, -0.1) is 0 Å². The summed E-state index contributed by atoms with van der Waals surface area (Å²) in [6, 6.07) is 4.17. The van der Waals surface area contributed by atoms with Crippen LogP contribution in [-0.4, -0.2) is 41.2 Å². The number of anilines is 2. The first-order valence-electron chi connectivity index (χ1n) is 6.86. The lowest BCUT2D eigenvalue weighted by molar-refractivity contribution is 0.292. The third-order valence-electron chi connectivity index (χ3n) is 2.38. The zero-order chi connectivity index (χ0) is 15.5. The molecule has 0 aliphatic carbocycles. The van der Waals surface area contributed by atoms with Crippen LogP contribution in [0.2, 0.25) is 0 Å². The van der Waals surface area contributed by atoms with Gasteiger partial charge in [0, 0.05) is 6.54 Å². The molecular weight excluding hydrogens is 270 g/mol. The van der Waals surface area contributed by atoms with Gasteiger partial charge in [0.1, 0.15) is 13.1 Å². The molecule has 1 N–H and O–H groups in total. The molecule has 1 heterocycles. The Kier molecular flexibility index (Phi) is 7.30. The summed E-state index contributed by atoms with van der Waals surface area (Å²) >= 11 is 0. The predicted molar refractivity (Wildman–Crippen MR) is 77.8 cm³/mol. The Balaban J connectivity index is 3.03. The van der Waals surface area contributed by atoms with Crippen molar-refractivity contribution in [2.24, 2.45) is 0 Å². The number of nitrogens with zero attached hydrogens (tertiary/aromatic N) is 6. The van der Waals surface area contributed by atoms with E-state index in [1.165, 1.54) is 4.90 Å². The Hall–Kier alpha value is -2.61. The molecule has 0 aliphatic rings. The lowest BCUT2D eigenvalue weighted by atomic mass is 10.5. The van der Waals surface area contributed by atoms with Gasteiger partial charge in [0.25, 0.3) is 0 Å². The minimum absolute atomic E-state index is 0.0258. The van der Waals surface area contributed by atoms with Gasteiger partial charge in [-0.05, 0) is 12.8 Å². The molecular formula is C13H19N7O. The molecule has 1 rings (SSSR count). The van der Waals surface area contributed by atoms with E-state index in [9.17, 15) is 0 Å². The maximum Gasteiger partial charge on any atom is 0.323 e. The van der Waals surface area contributed by atoms with Crippen molar-refractivity contribution >= 4 is 11.9 Å². The highest BCUT2D eigenvalue weighted by Gasteiger charge is 2.14. The lowest BCUT2D eigenvalue weighted by Gasteiger charge is -2.17. The van der Waals surface area contributed by atoms with Crippen LogP contribution in [0.3, 0.4) is 0 Å². The summed E-state index contributed by atoms with van der Waals surface area (Å²) in [4.78, 5) is 14.0. The van der Waals surface area contributed by atoms with E-state index in [-0.39, 0.29) is 25.0 Å². The highest BCUT2D eigenvalue weighted by Crippen LogP contribution is 2.15. The quantitative estimate of drug-likeness (QED) is 0.678. The number of rotatable bonds is 9. The first kappa shape index (κ1) is 16.4. The third-order valence-corrected chi connectivity index (χ3v) is 2.38. The van der Waals surface area contributed by atoms with Crippen LogP contribution in [0.15, 0.2) is 0 Å². The topological polar surface area (TPSA) is 111 Å². The maximum atomic E-state index is 8.83. The van der Waals surface area contributed by atoms with E-state index in [0.29, 0.717) is 19.1 Å². The molecule has 0 aromatic carbocycles. The van der Waals surface area contributed by atoms with E-state index in [0.717, 1.165) is 12.8 Å². The second-order valence-electron chi connectivity index (χ2n) is 4.19. The van der Waals surface area contributed by atoms with E-state index in [4.69, 9.17) is 15.3 Å². The van der Waals surface area contributed by atoms with Crippen LogP contribution in [-0.2, 0) is 0 Å². The molecule has 0 unspecified atom stereocenters. The van der Waals surface area contributed by atoms with E-state index in [1.54, 1.807) is 0 Å². The molecule has 0 aliphatic heterocycles. The number of aromatic nitrogens is 3. The van der Waals surface area contributed by atoms with Gasteiger partial charge in [-0.2, -0.15) is 25.5 Å². The normalized spacial score (nSPS) is 9.52. The smallest absolute Gasteiger partial charge is 0.323 e. The molecule has 1 aromatic rings. The number of ether oxygens (including phenoxy) is 1. The molecule has 0 spiro atoms. The van der Waals surface area contributed by atoms with Crippen molar-refractivity contribution in [1.29, 1.82) is 10.5 Å². The van der Waals surface area contributed by atoms with Gasteiger partial charge >= 0.3 is 6.01 Å². The van der Waals surface area contributed by atoms with E-state index < -0.39 is 0 Å². The largest absolute Gasteiger partial charge is 0.463 e. The molecule has 112 valence electrons. The molecule has 0 radical (unpaired) electrons. The summed E-state index contributed by atoms with van der Waals surface area (Å²) in [5.41, 5.74) is 0. The SMILES string of the molecule is CCCNc1nc(OCCC)nc(N(CC#N)CC#N)n1. The molecule has 0 bridgehead atoms. The van der Waals surface area contributed by atoms with Gasteiger partial charge in [-0.3, -0.25) is 0 Å². The van der Waals surface area contributed by atoms with E-state index in [1.807, 2.05) is 26.0 Å². The second-order valence-corrected chi connectivity index (χ2v) is 4.19. The van der Waals surface area contributed by atoms with Gasteiger partial charge in [0.15, 0.2) is 0 Å². The van der Waals surface area contributed by atoms with Crippen LogP contribution in [0.25, 0.3) is 0 Å². The number of nitrogens with one attached hydrogen (secondary N) is 1. The first-order valence-corrected chi connectivity index (χ1v) is 6.86. The average Bonchev–Trinajstić information content (AvgIpc) is 2.50. The van der Waals surface area contributed by atoms with E-state index >= 15 is 0 Å². The number of hydrogen-bond acceptors (Lipinski definition) is 8. The van der Waals surface area contributed by atoms with Gasteiger partial charge in [0.2, 0.25) is 11.9 Å². The summed E-state index contributed by atoms with van der Waals surface area (Å²) in [6.45, 7) is 5.27. The Morgan fingerprint density at radius 3 is 2.38 bits per heavy atom. The maximum absolute atomic E-state index is 8.83. The molecule has 21 heavy (non-hydrogen) atoms. The zero-order valence-corrected chi connectivity index (χ0v) is 12.3. The van der Waals surface area contributed by atoms with Crippen LogP contribution in [0.4, 0.5) is 11.9 Å². The molecule has 0 atom stereocenters. The fraction of sp³-hybridized carbons (Fsp3) is 0.615. The van der Waals surface area contributed by atoms with Gasteiger partial charge in [-0.1, -0.05) is 13.8 Å². The molecule has 0 amide bonds. The molecule has 8 nitrogen and oxygen atoms in total. The number of hydrogen-bond donors (Lipinski definition) is 1. The monoisotopic (exact) mass is 289 g/mol. The van der Waals surface area contributed by atoms with Crippen molar-refractivity contribution in [3.05, 3.63) is 0 Å². The Labute approximate surface area is 124 Å². The molecule has 0 saturated heterocycles. The fourth-order valence-electron chi connectivity index (χ4n) is 1.43. The Bertz CT molecular complexity index is 478. The average molecular weight is 289 g/mol. The van der Waals surface area contributed by atoms with Gasteiger partial charge in [0.05, 0.1) is 18.7 Å². The first-order chi connectivity index (χ1) is 10.2. The zero-order valence-electron chi connectivity index (χ0n) is 12.3. The highest BCUT2D eigenvalue weighted by molar-refractivity contribution is 5.40. The summed E-state index contributed by atoms with van der Waals surface area (Å²) in [5, 5.41) is 20.7. The molecule has 0 saturated carbocycles. The molecule has 0 fully saturated rings. The van der Waals surface area contributed by atoms with Crippen LogP contribution in [0, 0.1) is 22.7 Å². The Morgan fingerprint density at radius 2 is 1.81 bits per heavy atom. The van der Waals surface area contributed by atoms with Crippen molar-refractivity contribution in [3.63, 3.8) is 0 Å². The lowest BCUT2D eigenvalue weighted by Crippen LogP contribution is -2.27. The van der Waals surface area contributed by atoms with Gasteiger partial charge < -0.3 is 15.0 Å². The third kappa shape index (κ3) is 5.49. The van der Waals surface area contributed by atoms with Crippen molar-refractivity contribution in [1.82, 2.24) is 15.0 Å². The predicted octanol–water partition coefficient (Wildman–Crippen LogP) is 1.34. The van der Waals surface area contributed by atoms with Gasteiger partial charge in [-0.25, -0.2) is 0 Å². The summed E-state index contributed by atoms with van der Waals surface area (Å²) in [7, 11) is 0. The van der Waals surface area contributed by atoms with Crippen LogP contribution >= 0.6 is 0 Å². The molecule has 1 aromatic heterocycles. The summed E-state index contributed by atoms with van der Waals surface area (Å²) in [5.74, 6) is 0.645. The minimum atomic E-state index is 0.0258. The van der Waals surface area contributed by atoms with Crippen molar-refractivity contribution in [3.8, 4) is 18.1 Å². The van der Waals surface area contributed by atoms with Crippen molar-refractivity contribution in [2.45, 2.75) is 26.7 Å². The number of nitriles is 2. The summed E-state index contributed by atoms with van der Waals surface area (Å²) < 4.78 is 5.43. The van der Waals surface area contributed by atoms with Crippen LogP contribution < -0.4 is 15.0 Å². The van der Waals surface area contributed by atoms with E-state index in [2.05, 4.69) is 20.3 Å². The molecule has 8 heteroatoms. The van der Waals surface area contributed by atoms with Crippen LogP contribution in [0.1, 0.15) is 26.7 Å². The minimum Gasteiger partial charge on any atom is -0.463 e. The van der Waals surface area contributed by atoms with Crippen molar-refractivity contribution in [2.75, 3.05) is 36.5 Å². The Morgan fingerprint density at radius 1 is 1.10 bits per heavy atom.